The number of carbonyl (C=O) groups excluding carboxylic acids is 1. The largest absolute Gasteiger partial charge is 0.496 e. The Morgan fingerprint density at radius 1 is 1.04 bits per heavy atom. The van der Waals surface area contributed by atoms with Gasteiger partial charge in [-0.25, -0.2) is 5.43 Å². The zero-order valence-corrected chi connectivity index (χ0v) is 16.1. The quantitative estimate of drug-likeness (QED) is 0.486. The molecule has 3 rings (SSSR count). The van der Waals surface area contributed by atoms with Crippen molar-refractivity contribution in [1.82, 2.24) is 5.43 Å². The minimum atomic E-state index is -0.402. The topological polar surface area (TPSA) is 59.9 Å². The molecule has 1 N–H and O–H groups in total. The molecule has 0 aliphatic heterocycles. The van der Waals surface area contributed by atoms with Crippen molar-refractivity contribution < 1.29 is 14.3 Å². The van der Waals surface area contributed by atoms with Gasteiger partial charge in [-0.1, -0.05) is 47.5 Å². The van der Waals surface area contributed by atoms with Gasteiger partial charge in [-0.2, -0.15) is 5.10 Å². The molecule has 138 valence electrons. The van der Waals surface area contributed by atoms with Crippen molar-refractivity contribution in [2.75, 3.05) is 14.2 Å². The summed E-state index contributed by atoms with van der Waals surface area (Å²) in [5, 5.41) is 6.68. The van der Waals surface area contributed by atoms with Crippen LogP contribution in [0.25, 0.3) is 10.8 Å². The van der Waals surface area contributed by atoms with Gasteiger partial charge in [0.25, 0.3) is 5.91 Å². The molecule has 3 aromatic rings. The van der Waals surface area contributed by atoms with Crippen molar-refractivity contribution in [3.63, 3.8) is 0 Å². The van der Waals surface area contributed by atoms with E-state index in [2.05, 4.69) is 10.5 Å². The number of nitrogens with zero attached hydrogens (tertiary/aromatic N) is 1. The molecule has 3 aromatic carbocycles. The smallest absolute Gasteiger partial charge is 0.275 e. The molecule has 0 saturated heterocycles. The number of hydrogen-bond acceptors (Lipinski definition) is 4. The van der Waals surface area contributed by atoms with Gasteiger partial charge < -0.3 is 9.47 Å². The molecule has 5 nitrogen and oxygen atoms in total. The number of rotatable bonds is 5. The first-order valence-corrected chi connectivity index (χ1v) is 8.72. The number of amides is 1. The molecule has 0 bridgehead atoms. The fraction of sp³-hybridized carbons (Fsp3) is 0.100. The summed E-state index contributed by atoms with van der Waals surface area (Å²) in [6.45, 7) is 0. The van der Waals surface area contributed by atoms with Crippen LogP contribution < -0.4 is 14.9 Å². The van der Waals surface area contributed by atoms with Crippen LogP contribution >= 0.6 is 23.2 Å². The van der Waals surface area contributed by atoms with Crippen LogP contribution in [0.5, 0.6) is 11.5 Å². The summed E-state index contributed by atoms with van der Waals surface area (Å²) >= 11 is 12.1. The Balaban J connectivity index is 1.86. The average molecular weight is 403 g/mol. The molecule has 0 atom stereocenters. The third-order valence-corrected chi connectivity index (χ3v) is 4.42. The molecule has 0 aliphatic rings. The molecule has 0 fully saturated rings. The minimum absolute atomic E-state index is 0.356. The second-order valence-electron chi connectivity index (χ2n) is 5.61. The fourth-order valence-corrected chi connectivity index (χ4v) is 3.26. The second-order valence-corrected chi connectivity index (χ2v) is 6.45. The van der Waals surface area contributed by atoms with Gasteiger partial charge in [-0.05, 0) is 35.0 Å². The molecule has 0 spiro atoms. The van der Waals surface area contributed by atoms with Crippen LogP contribution in [0.1, 0.15) is 15.9 Å². The lowest BCUT2D eigenvalue weighted by molar-refractivity contribution is 0.0952. The summed E-state index contributed by atoms with van der Waals surface area (Å²) < 4.78 is 10.6. The van der Waals surface area contributed by atoms with Gasteiger partial charge in [0.15, 0.2) is 0 Å². The van der Waals surface area contributed by atoms with Crippen molar-refractivity contribution >= 4 is 46.1 Å². The highest BCUT2D eigenvalue weighted by atomic mass is 35.5. The molecular weight excluding hydrogens is 387 g/mol. The van der Waals surface area contributed by atoms with Gasteiger partial charge >= 0.3 is 0 Å². The maximum Gasteiger partial charge on any atom is 0.275 e. The van der Waals surface area contributed by atoms with E-state index in [0.29, 0.717) is 32.7 Å². The van der Waals surface area contributed by atoms with Gasteiger partial charge in [0, 0.05) is 10.6 Å². The van der Waals surface area contributed by atoms with E-state index in [1.54, 1.807) is 18.2 Å². The maximum absolute atomic E-state index is 12.6. The Bertz CT molecular complexity index is 1040. The van der Waals surface area contributed by atoms with Crippen LogP contribution in [0, 0.1) is 0 Å². The van der Waals surface area contributed by atoms with Gasteiger partial charge in [-0.3, -0.25) is 4.79 Å². The van der Waals surface area contributed by atoms with Gasteiger partial charge in [0.2, 0.25) is 0 Å². The number of benzene rings is 3. The number of nitrogens with one attached hydrogen (secondary N) is 1. The molecule has 0 heterocycles. The summed E-state index contributed by atoms with van der Waals surface area (Å²) in [6, 6.07) is 14.5. The van der Waals surface area contributed by atoms with E-state index >= 15 is 0 Å². The Labute approximate surface area is 166 Å². The Morgan fingerprint density at radius 2 is 1.74 bits per heavy atom. The number of hydrogen-bond donors (Lipinski definition) is 1. The summed E-state index contributed by atoms with van der Waals surface area (Å²) in [4.78, 5) is 12.6. The summed E-state index contributed by atoms with van der Waals surface area (Å²) in [5.41, 5.74) is 3.41. The molecule has 27 heavy (non-hydrogen) atoms. The number of methoxy groups -OCH3 is 2. The minimum Gasteiger partial charge on any atom is -0.496 e. The molecule has 0 radical (unpaired) electrons. The van der Waals surface area contributed by atoms with Crippen molar-refractivity contribution in [1.29, 1.82) is 0 Å². The van der Waals surface area contributed by atoms with Crippen molar-refractivity contribution in [2.45, 2.75) is 0 Å². The summed E-state index contributed by atoms with van der Waals surface area (Å²) in [5.74, 6) is 0.480. The highest BCUT2D eigenvalue weighted by Gasteiger charge is 2.13. The molecule has 7 heteroatoms. The van der Waals surface area contributed by atoms with Crippen LogP contribution in [0.2, 0.25) is 10.0 Å². The second kappa shape index (κ2) is 8.29. The Kier molecular flexibility index (Phi) is 5.84. The first-order valence-electron chi connectivity index (χ1n) is 7.96. The lowest BCUT2D eigenvalue weighted by Crippen LogP contribution is -2.18. The van der Waals surface area contributed by atoms with Crippen LogP contribution in [0.3, 0.4) is 0 Å². The van der Waals surface area contributed by atoms with Crippen LogP contribution in [-0.2, 0) is 0 Å². The Morgan fingerprint density at radius 3 is 2.41 bits per heavy atom. The lowest BCUT2D eigenvalue weighted by Gasteiger charge is -2.10. The Hall–Kier alpha value is -2.76. The molecular formula is C20H16Cl2N2O3. The number of ether oxygens (including phenoxy) is 2. The monoisotopic (exact) mass is 402 g/mol. The normalized spacial score (nSPS) is 11.0. The van der Waals surface area contributed by atoms with E-state index in [-0.39, 0.29) is 0 Å². The number of halogens is 2. The first kappa shape index (κ1) is 19.0. The van der Waals surface area contributed by atoms with Crippen molar-refractivity contribution in [3.05, 3.63) is 69.7 Å². The van der Waals surface area contributed by atoms with E-state index in [1.807, 2.05) is 30.3 Å². The van der Waals surface area contributed by atoms with Gasteiger partial charge in [0.1, 0.15) is 11.5 Å². The predicted molar refractivity (Wildman–Crippen MR) is 109 cm³/mol. The summed E-state index contributed by atoms with van der Waals surface area (Å²) in [7, 11) is 3.01. The highest BCUT2D eigenvalue weighted by Crippen LogP contribution is 2.31. The van der Waals surface area contributed by atoms with Gasteiger partial charge in [-0.15, -0.1) is 0 Å². The number of carbonyl (C=O) groups is 1. The SMILES string of the molecule is COc1cc2ccccc2cc1C(=O)NN=Cc1cc(Cl)cc(Cl)c1OC. The van der Waals surface area contributed by atoms with E-state index in [1.165, 1.54) is 20.4 Å². The van der Waals surface area contributed by atoms with Crippen LogP contribution in [0.4, 0.5) is 0 Å². The third-order valence-electron chi connectivity index (χ3n) is 3.92. The van der Waals surface area contributed by atoms with E-state index < -0.39 is 5.91 Å². The third kappa shape index (κ3) is 4.15. The van der Waals surface area contributed by atoms with E-state index in [0.717, 1.165) is 10.8 Å². The lowest BCUT2D eigenvalue weighted by atomic mass is 10.1. The maximum atomic E-state index is 12.6. The van der Waals surface area contributed by atoms with Crippen LogP contribution in [0.15, 0.2) is 53.6 Å². The van der Waals surface area contributed by atoms with Crippen molar-refractivity contribution in [2.24, 2.45) is 5.10 Å². The van der Waals surface area contributed by atoms with Crippen molar-refractivity contribution in [3.8, 4) is 11.5 Å². The predicted octanol–water partition coefficient (Wildman–Crippen LogP) is 4.93. The fourth-order valence-electron chi connectivity index (χ4n) is 2.68. The molecule has 0 saturated carbocycles. The zero-order valence-electron chi connectivity index (χ0n) is 14.6. The molecule has 0 aliphatic carbocycles. The number of fused-ring (bicyclic) bond motifs is 1. The molecule has 0 aromatic heterocycles. The standard InChI is InChI=1S/C20H16Cl2N2O3/c1-26-18-9-13-6-4-3-5-12(13)8-16(18)20(25)24-23-11-14-7-15(21)10-17(22)19(14)27-2/h3-11H,1-2H3,(H,24,25). The number of hydrazone groups is 1. The molecule has 1 amide bonds. The highest BCUT2D eigenvalue weighted by molar-refractivity contribution is 6.36. The zero-order chi connectivity index (χ0) is 19.4. The average Bonchev–Trinajstić information content (AvgIpc) is 2.66. The molecule has 0 unspecified atom stereocenters. The van der Waals surface area contributed by atoms with Crippen LogP contribution in [-0.4, -0.2) is 26.3 Å². The van der Waals surface area contributed by atoms with E-state index in [9.17, 15) is 4.79 Å². The van der Waals surface area contributed by atoms with Gasteiger partial charge in [0.05, 0.1) is 31.0 Å². The summed E-state index contributed by atoms with van der Waals surface area (Å²) in [6.07, 6.45) is 1.42. The van der Waals surface area contributed by atoms with E-state index in [4.69, 9.17) is 32.7 Å². The first-order chi connectivity index (χ1) is 13.0.